The number of nitrogens with zero attached hydrogens (tertiary/aromatic N) is 2. The van der Waals surface area contributed by atoms with Crippen LogP contribution >= 0.6 is 0 Å². The maximum absolute atomic E-state index is 13.4. The summed E-state index contributed by atoms with van der Waals surface area (Å²) in [6, 6.07) is 24.3. The Kier molecular flexibility index (Phi) is 6.36. The van der Waals surface area contributed by atoms with Crippen LogP contribution in [0.4, 0.5) is 5.69 Å². The van der Waals surface area contributed by atoms with Crippen LogP contribution in [0.25, 0.3) is 22.2 Å². The number of hydrogen-bond acceptors (Lipinski definition) is 4. The van der Waals surface area contributed by atoms with Crippen LogP contribution in [-0.2, 0) is 4.79 Å². The van der Waals surface area contributed by atoms with Gasteiger partial charge in [-0.25, -0.2) is 4.98 Å². The Bertz CT molecular complexity index is 1300. The third kappa shape index (κ3) is 5.01. The largest absolute Gasteiger partial charge is 0.497 e. The van der Waals surface area contributed by atoms with Crippen LogP contribution in [-0.4, -0.2) is 42.4 Å². The van der Waals surface area contributed by atoms with E-state index in [0.29, 0.717) is 22.5 Å². The summed E-state index contributed by atoms with van der Waals surface area (Å²) in [5.41, 5.74) is 4.57. The molecule has 0 unspecified atom stereocenters. The van der Waals surface area contributed by atoms with Gasteiger partial charge in [-0.05, 0) is 55.5 Å². The highest BCUT2D eigenvalue weighted by atomic mass is 16.5. The van der Waals surface area contributed by atoms with Crippen LogP contribution in [0.1, 0.15) is 15.9 Å². The minimum absolute atomic E-state index is 0.0682. The molecule has 33 heavy (non-hydrogen) atoms. The molecular weight excluding hydrogens is 414 g/mol. The van der Waals surface area contributed by atoms with Crippen LogP contribution in [0.15, 0.2) is 78.9 Å². The molecule has 6 nitrogen and oxygen atoms in total. The summed E-state index contributed by atoms with van der Waals surface area (Å²) in [5.74, 6) is 0.237. The number of benzene rings is 3. The maximum Gasteiger partial charge on any atom is 0.254 e. The van der Waals surface area contributed by atoms with Crippen molar-refractivity contribution in [1.82, 2.24) is 9.88 Å². The van der Waals surface area contributed by atoms with Crippen molar-refractivity contribution in [2.24, 2.45) is 0 Å². The number of aromatic nitrogens is 1. The van der Waals surface area contributed by atoms with Gasteiger partial charge in [0.1, 0.15) is 5.75 Å². The smallest absolute Gasteiger partial charge is 0.254 e. The topological polar surface area (TPSA) is 71.5 Å². The van der Waals surface area contributed by atoms with Crippen molar-refractivity contribution >= 4 is 28.4 Å². The van der Waals surface area contributed by atoms with Gasteiger partial charge in [0.15, 0.2) is 0 Å². The van der Waals surface area contributed by atoms with Crippen molar-refractivity contribution < 1.29 is 14.3 Å². The number of carbonyl (C=O) groups is 2. The first-order valence-corrected chi connectivity index (χ1v) is 10.6. The average Bonchev–Trinajstić information content (AvgIpc) is 2.84. The second kappa shape index (κ2) is 9.53. The predicted molar refractivity (Wildman–Crippen MR) is 131 cm³/mol. The van der Waals surface area contributed by atoms with E-state index < -0.39 is 0 Å². The molecule has 0 atom stereocenters. The van der Waals surface area contributed by atoms with E-state index in [-0.39, 0.29) is 18.4 Å². The Labute approximate surface area is 192 Å². The lowest BCUT2D eigenvalue weighted by atomic mass is 10.0. The van der Waals surface area contributed by atoms with Gasteiger partial charge >= 0.3 is 0 Å². The Balaban J connectivity index is 1.60. The van der Waals surface area contributed by atoms with Crippen molar-refractivity contribution in [3.05, 3.63) is 90.0 Å². The van der Waals surface area contributed by atoms with Gasteiger partial charge in [-0.15, -0.1) is 0 Å². The zero-order valence-electron chi connectivity index (χ0n) is 18.8. The summed E-state index contributed by atoms with van der Waals surface area (Å²) in [6.45, 7) is 1.92. The summed E-state index contributed by atoms with van der Waals surface area (Å²) in [5, 5.41) is 3.58. The standard InChI is InChI=1S/C27H25N3O3/c1-18-8-12-20(13-9-18)28-26(31)17-30(2)27(32)23-16-25(19-10-14-21(33-3)15-11-19)29-24-7-5-4-6-22(23)24/h4-16H,17H2,1-3H3,(H,28,31). The van der Waals surface area contributed by atoms with Crippen LogP contribution in [0.3, 0.4) is 0 Å². The van der Waals surface area contributed by atoms with Crippen molar-refractivity contribution in [3.8, 4) is 17.0 Å². The number of fused-ring (bicyclic) bond motifs is 1. The Hall–Kier alpha value is -4.19. The monoisotopic (exact) mass is 439 g/mol. The second-order valence-corrected chi connectivity index (χ2v) is 7.88. The molecule has 0 radical (unpaired) electrons. The minimum Gasteiger partial charge on any atom is -0.497 e. The summed E-state index contributed by atoms with van der Waals surface area (Å²) < 4.78 is 5.23. The van der Waals surface area contributed by atoms with E-state index >= 15 is 0 Å². The van der Waals surface area contributed by atoms with Crippen LogP contribution in [0.2, 0.25) is 0 Å². The minimum atomic E-state index is -0.261. The zero-order valence-corrected chi connectivity index (χ0v) is 18.8. The molecule has 2 amide bonds. The van der Waals surface area contributed by atoms with Crippen molar-refractivity contribution in [1.29, 1.82) is 0 Å². The molecule has 4 rings (SSSR count). The summed E-state index contributed by atoms with van der Waals surface area (Å²) in [7, 11) is 3.24. The van der Waals surface area contributed by atoms with Gasteiger partial charge in [-0.2, -0.15) is 0 Å². The van der Waals surface area contributed by atoms with Gasteiger partial charge in [0.05, 0.1) is 30.4 Å². The molecule has 0 fully saturated rings. The molecule has 1 aromatic heterocycles. The molecule has 0 aliphatic heterocycles. The number of para-hydroxylation sites is 1. The highest BCUT2D eigenvalue weighted by molar-refractivity contribution is 6.08. The number of rotatable bonds is 6. The van der Waals surface area contributed by atoms with Gasteiger partial charge in [-0.3, -0.25) is 9.59 Å². The summed E-state index contributed by atoms with van der Waals surface area (Å²) in [4.78, 5) is 32.1. The van der Waals surface area contributed by atoms with Crippen LogP contribution < -0.4 is 10.1 Å². The van der Waals surface area contributed by atoms with E-state index in [1.165, 1.54) is 4.90 Å². The number of ether oxygens (including phenoxy) is 1. The Morgan fingerprint density at radius 2 is 1.67 bits per heavy atom. The normalized spacial score (nSPS) is 10.6. The lowest BCUT2D eigenvalue weighted by Gasteiger charge is -2.19. The molecule has 0 saturated heterocycles. The van der Waals surface area contributed by atoms with Crippen molar-refractivity contribution in [2.75, 3.05) is 26.0 Å². The number of nitrogens with one attached hydrogen (secondary N) is 1. The van der Waals surface area contributed by atoms with E-state index in [1.54, 1.807) is 20.2 Å². The first kappa shape index (κ1) is 22.0. The highest BCUT2D eigenvalue weighted by Gasteiger charge is 2.19. The summed E-state index contributed by atoms with van der Waals surface area (Å²) >= 11 is 0. The molecule has 3 aromatic carbocycles. The number of aryl methyl sites for hydroxylation is 1. The molecule has 6 heteroatoms. The van der Waals surface area contributed by atoms with Gasteiger partial charge in [0.25, 0.3) is 5.91 Å². The third-order valence-corrected chi connectivity index (χ3v) is 5.40. The number of pyridine rings is 1. The average molecular weight is 440 g/mol. The fourth-order valence-electron chi connectivity index (χ4n) is 3.59. The van der Waals surface area contributed by atoms with E-state index in [9.17, 15) is 9.59 Å². The van der Waals surface area contributed by atoms with Crippen LogP contribution in [0.5, 0.6) is 5.75 Å². The molecule has 0 aliphatic carbocycles. The van der Waals surface area contributed by atoms with Crippen molar-refractivity contribution in [2.45, 2.75) is 6.92 Å². The van der Waals surface area contributed by atoms with Gasteiger partial charge in [-0.1, -0.05) is 35.9 Å². The SMILES string of the molecule is COc1ccc(-c2cc(C(=O)N(C)CC(=O)Nc3ccc(C)cc3)c3ccccc3n2)cc1. The van der Waals surface area contributed by atoms with Gasteiger partial charge in [0, 0.05) is 23.7 Å². The number of carbonyl (C=O) groups excluding carboxylic acids is 2. The molecule has 4 aromatic rings. The zero-order chi connectivity index (χ0) is 23.4. The van der Waals surface area contributed by atoms with E-state index in [4.69, 9.17) is 9.72 Å². The predicted octanol–water partition coefficient (Wildman–Crippen LogP) is 4.93. The van der Waals surface area contributed by atoms with E-state index in [0.717, 1.165) is 22.3 Å². The Morgan fingerprint density at radius 3 is 2.36 bits per heavy atom. The lowest BCUT2D eigenvalue weighted by molar-refractivity contribution is -0.116. The number of amides is 2. The molecule has 166 valence electrons. The molecule has 0 aliphatic rings. The lowest BCUT2D eigenvalue weighted by Crippen LogP contribution is -2.35. The number of methoxy groups -OCH3 is 1. The summed E-state index contributed by atoms with van der Waals surface area (Å²) in [6.07, 6.45) is 0. The number of likely N-dealkylation sites (N-methyl/N-ethyl adjacent to an activating group) is 1. The quantitative estimate of drug-likeness (QED) is 0.462. The van der Waals surface area contributed by atoms with Crippen molar-refractivity contribution in [3.63, 3.8) is 0 Å². The number of anilines is 1. The molecule has 0 bridgehead atoms. The van der Waals surface area contributed by atoms with E-state index in [2.05, 4.69) is 5.32 Å². The highest BCUT2D eigenvalue weighted by Crippen LogP contribution is 2.27. The molecular formula is C27H25N3O3. The molecule has 0 spiro atoms. The maximum atomic E-state index is 13.4. The fourth-order valence-corrected chi connectivity index (χ4v) is 3.59. The Morgan fingerprint density at radius 1 is 0.970 bits per heavy atom. The van der Waals surface area contributed by atoms with E-state index in [1.807, 2.05) is 79.7 Å². The first-order chi connectivity index (χ1) is 15.9. The molecule has 1 heterocycles. The first-order valence-electron chi connectivity index (χ1n) is 10.6. The third-order valence-electron chi connectivity index (χ3n) is 5.40. The molecule has 1 N–H and O–H groups in total. The van der Waals surface area contributed by atoms with Gasteiger partial charge < -0.3 is 15.0 Å². The number of hydrogen-bond donors (Lipinski definition) is 1. The van der Waals surface area contributed by atoms with Gasteiger partial charge in [0.2, 0.25) is 5.91 Å². The fraction of sp³-hybridized carbons (Fsp3) is 0.148. The molecule has 0 saturated carbocycles. The van der Waals surface area contributed by atoms with Crippen LogP contribution in [0, 0.1) is 6.92 Å². The second-order valence-electron chi connectivity index (χ2n) is 7.88.